The molecule has 2 fully saturated rings. The van der Waals surface area contributed by atoms with Gasteiger partial charge in [0.2, 0.25) is 5.91 Å². The summed E-state index contributed by atoms with van der Waals surface area (Å²) >= 11 is 0. The summed E-state index contributed by atoms with van der Waals surface area (Å²) in [5, 5.41) is 13.8. The van der Waals surface area contributed by atoms with Gasteiger partial charge in [-0.1, -0.05) is 25.3 Å². The molecular formula is C24H28N4O4. The highest BCUT2D eigenvalue weighted by Crippen LogP contribution is 2.25. The molecule has 1 heterocycles. The fourth-order valence-electron chi connectivity index (χ4n) is 4.47. The maximum absolute atomic E-state index is 13.0. The first-order chi connectivity index (χ1) is 15.5. The van der Waals surface area contributed by atoms with Gasteiger partial charge in [0, 0.05) is 61.2 Å². The van der Waals surface area contributed by atoms with Gasteiger partial charge in [-0.2, -0.15) is 0 Å². The highest BCUT2D eigenvalue weighted by atomic mass is 16.6. The van der Waals surface area contributed by atoms with Gasteiger partial charge in [-0.05, 0) is 43.2 Å². The second-order valence-corrected chi connectivity index (χ2v) is 8.46. The molecular weight excluding hydrogens is 408 g/mol. The van der Waals surface area contributed by atoms with Gasteiger partial charge in [0.15, 0.2) is 0 Å². The maximum Gasteiger partial charge on any atom is 0.269 e. The highest BCUT2D eigenvalue weighted by molar-refractivity contribution is 5.97. The normalized spacial score (nSPS) is 17.1. The number of amides is 2. The lowest BCUT2D eigenvalue weighted by Gasteiger charge is -2.36. The molecule has 8 nitrogen and oxygen atoms in total. The van der Waals surface area contributed by atoms with E-state index in [1.54, 1.807) is 30.3 Å². The summed E-state index contributed by atoms with van der Waals surface area (Å²) in [4.78, 5) is 39.9. The summed E-state index contributed by atoms with van der Waals surface area (Å²) in [6, 6.07) is 13.6. The van der Waals surface area contributed by atoms with Crippen molar-refractivity contribution in [2.75, 3.05) is 36.4 Å². The van der Waals surface area contributed by atoms with Crippen LogP contribution in [-0.2, 0) is 4.79 Å². The Morgan fingerprint density at radius 3 is 2.28 bits per heavy atom. The average Bonchev–Trinajstić information content (AvgIpc) is 2.84. The van der Waals surface area contributed by atoms with Crippen LogP contribution in [0.2, 0.25) is 0 Å². The van der Waals surface area contributed by atoms with Crippen molar-refractivity contribution in [1.29, 1.82) is 0 Å². The Balaban J connectivity index is 1.34. The molecule has 2 aliphatic rings. The number of non-ortho nitro benzene ring substituents is 1. The molecule has 32 heavy (non-hydrogen) atoms. The SMILES string of the molecule is O=C(Nc1cccc(C(=O)N2CCN(c3ccc([N+](=O)[O-])cc3)CC2)c1)C1CCCCC1. The van der Waals surface area contributed by atoms with Crippen molar-refractivity contribution in [3.63, 3.8) is 0 Å². The molecule has 1 aliphatic carbocycles. The molecule has 1 saturated heterocycles. The first-order valence-corrected chi connectivity index (χ1v) is 11.2. The number of hydrogen-bond acceptors (Lipinski definition) is 5. The van der Waals surface area contributed by atoms with Crippen LogP contribution in [0.25, 0.3) is 0 Å². The van der Waals surface area contributed by atoms with Crippen LogP contribution in [-0.4, -0.2) is 47.8 Å². The van der Waals surface area contributed by atoms with Gasteiger partial charge in [0.25, 0.3) is 11.6 Å². The molecule has 1 saturated carbocycles. The molecule has 2 aromatic carbocycles. The van der Waals surface area contributed by atoms with Crippen LogP contribution < -0.4 is 10.2 Å². The van der Waals surface area contributed by atoms with Gasteiger partial charge in [0.1, 0.15) is 0 Å². The lowest BCUT2D eigenvalue weighted by molar-refractivity contribution is -0.384. The number of nitro benzene ring substituents is 1. The first-order valence-electron chi connectivity index (χ1n) is 11.2. The van der Waals surface area contributed by atoms with Crippen LogP contribution in [0.3, 0.4) is 0 Å². The van der Waals surface area contributed by atoms with E-state index in [0.717, 1.165) is 31.4 Å². The maximum atomic E-state index is 13.0. The highest BCUT2D eigenvalue weighted by Gasteiger charge is 2.24. The van der Waals surface area contributed by atoms with E-state index in [9.17, 15) is 19.7 Å². The Kier molecular flexibility index (Phi) is 6.68. The van der Waals surface area contributed by atoms with Gasteiger partial charge >= 0.3 is 0 Å². The number of nitrogens with one attached hydrogen (secondary N) is 1. The van der Waals surface area contributed by atoms with E-state index in [-0.39, 0.29) is 23.4 Å². The van der Waals surface area contributed by atoms with E-state index in [4.69, 9.17) is 0 Å². The molecule has 8 heteroatoms. The summed E-state index contributed by atoms with van der Waals surface area (Å²) < 4.78 is 0. The smallest absolute Gasteiger partial charge is 0.269 e. The molecule has 0 bridgehead atoms. The van der Waals surface area contributed by atoms with Gasteiger partial charge in [-0.15, -0.1) is 0 Å². The molecule has 2 aromatic rings. The minimum atomic E-state index is -0.411. The van der Waals surface area contributed by atoms with Crippen molar-refractivity contribution in [1.82, 2.24) is 4.90 Å². The number of anilines is 2. The third kappa shape index (κ3) is 5.07. The second-order valence-electron chi connectivity index (χ2n) is 8.46. The summed E-state index contributed by atoms with van der Waals surface area (Å²) in [6.07, 6.45) is 5.27. The summed E-state index contributed by atoms with van der Waals surface area (Å²) in [6.45, 7) is 2.44. The Labute approximate surface area is 187 Å². The Bertz CT molecular complexity index is 978. The number of piperazine rings is 1. The van der Waals surface area contributed by atoms with Crippen LogP contribution in [0.15, 0.2) is 48.5 Å². The molecule has 1 aliphatic heterocycles. The van der Waals surface area contributed by atoms with Crippen LogP contribution in [0.5, 0.6) is 0 Å². The van der Waals surface area contributed by atoms with Crippen LogP contribution in [0.1, 0.15) is 42.5 Å². The minimum Gasteiger partial charge on any atom is -0.368 e. The molecule has 4 rings (SSSR count). The van der Waals surface area contributed by atoms with Gasteiger partial charge in [-0.3, -0.25) is 19.7 Å². The summed E-state index contributed by atoms with van der Waals surface area (Å²) in [7, 11) is 0. The molecule has 1 N–H and O–H groups in total. The number of carbonyl (C=O) groups excluding carboxylic acids is 2. The topological polar surface area (TPSA) is 95.8 Å². The van der Waals surface area contributed by atoms with Gasteiger partial charge in [-0.25, -0.2) is 0 Å². The van der Waals surface area contributed by atoms with Crippen LogP contribution in [0, 0.1) is 16.0 Å². The number of carbonyl (C=O) groups is 2. The summed E-state index contributed by atoms with van der Waals surface area (Å²) in [5.41, 5.74) is 2.21. The molecule has 2 amide bonds. The van der Waals surface area contributed by atoms with E-state index in [2.05, 4.69) is 10.2 Å². The number of benzene rings is 2. The molecule has 0 atom stereocenters. The molecule has 0 aromatic heterocycles. The first kappa shape index (κ1) is 21.8. The van der Waals surface area contributed by atoms with Crippen molar-refractivity contribution in [2.45, 2.75) is 32.1 Å². The van der Waals surface area contributed by atoms with Gasteiger partial charge in [0.05, 0.1) is 4.92 Å². The Hall–Kier alpha value is -3.42. The molecule has 0 unspecified atom stereocenters. The number of rotatable bonds is 5. The summed E-state index contributed by atoms with van der Waals surface area (Å²) in [5.74, 6) is 0.0590. The van der Waals surface area contributed by atoms with E-state index in [1.165, 1.54) is 18.6 Å². The Morgan fingerprint density at radius 2 is 1.62 bits per heavy atom. The fraction of sp³-hybridized carbons (Fsp3) is 0.417. The van der Waals surface area contributed by atoms with E-state index >= 15 is 0 Å². The number of nitro groups is 1. The lowest BCUT2D eigenvalue weighted by Crippen LogP contribution is -2.48. The third-order valence-corrected chi connectivity index (χ3v) is 6.35. The number of nitrogens with zero attached hydrogens (tertiary/aromatic N) is 3. The van der Waals surface area contributed by atoms with Crippen molar-refractivity contribution in [2.24, 2.45) is 5.92 Å². The van der Waals surface area contributed by atoms with Crippen molar-refractivity contribution >= 4 is 28.9 Å². The van der Waals surface area contributed by atoms with Crippen molar-refractivity contribution < 1.29 is 14.5 Å². The van der Waals surface area contributed by atoms with E-state index in [1.807, 2.05) is 11.0 Å². The van der Waals surface area contributed by atoms with E-state index in [0.29, 0.717) is 37.4 Å². The Morgan fingerprint density at radius 1 is 0.938 bits per heavy atom. The average molecular weight is 437 g/mol. The standard InChI is InChI=1S/C24H28N4O4/c29-23(18-5-2-1-3-6-18)25-20-8-4-7-19(17-20)24(30)27-15-13-26(14-16-27)21-9-11-22(12-10-21)28(31)32/h4,7-12,17-18H,1-3,5-6,13-16H2,(H,25,29). The molecule has 0 spiro atoms. The second kappa shape index (κ2) is 9.80. The zero-order valence-corrected chi connectivity index (χ0v) is 18.0. The third-order valence-electron chi connectivity index (χ3n) is 6.35. The van der Waals surface area contributed by atoms with Crippen LogP contribution >= 0.6 is 0 Å². The van der Waals surface area contributed by atoms with Crippen LogP contribution in [0.4, 0.5) is 17.1 Å². The quantitative estimate of drug-likeness (QED) is 0.563. The van der Waals surface area contributed by atoms with Crippen molar-refractivity contribution in [3.05, 3.63) is 64.2 Å². The largest absolute Gasteiger partial charge is 0.368 e. The predicted molar refractivity (Wildman–Crippen MR) is 123 cm³/mol. The zero-order valence-electron chi connectivity index (χ0n) is 18.0. The number of hydrogen-bond donors (Lipinski definition) is 1. The lowest BCUT2D eigenvalue weighted by atomic mass is 9.88. The van der Waals surface area contributed by atoms with E-state index < -0.39 is 4.92 Å². The van der Waals surface area contributed by atoms with Crippen molar-refractivity contribution in [3.8, 4) is 0 Å². The molecule has 168 valence electrons. The fourth-order valence-corrected chi connectivity index (χ4v) is 4.47. The van der Waals surface area contributed by atoms with Gasteiger partial charge < -0.3 is 15.1 Å². The predicted octanol–water partition coefficient (Wildman–Crippen LogP) is 4.08. The zero-order chi connectivity index (χ0) is 22.5. The molecule has 0 radical (unpaired) electrons. The monoisotopic (exact) mass is 436 g/mol. The minimum absolute atomic E-state index is 0.0472.